The zero-order valence-corrected chi connectivity index (χ0v) is 10.9. The molecule has 0 saturated carbocycles. The third-order valence-electron chi connectivity index (χ3n) is 2.65. The minimum atomic E-state index is -0.140. The lowest BCUT2D eigenvalue weighted by Gasteiger charge is -2.08. The number of anilines is 3. The molecule has 19 heavy (non-hydrogen) atoms. The van der Waals surface area contributed by atoms with E-state index in [1.165, 1.54) is 0 Å². The molecule has 0 fully saturated rings. The van der Waals surface area contributed by atoms with Crippen LogP contribution in [0, 0.1) is 0 Å². The molecule has 0 aromatic heterocycles. The van der Waals surface area contributed by atoms with E-state index in [0.29, 0.717) is 22.1 Å². The van der Waals surface area contributed by atoms with Gasteiger partial charge in [0.2, 0.25) is 5.91 Å². The molecule has 2 aromatic rings. The maximum absolute atomic E-state index is 11.9. The smallest absolute Gasteiger partial charge is 0.228 e. The Balaban J connectivity index is 2.03. The lowest BCUT2D eigenvalue weighted by molar-refractivity contribution is -0.115. The van der Waals surface area contributed by atoms with Gasteiger partial charge in [-0.15, -0.1) is 0 Å². The maximum Gasteiger partial charge on any atom is 0.228 e. The molecule has 0 aliphatic heterocycles. The highest BCUT2D eigenvalue weighted by Gasteiger charge is 2.07. The minimum absolute atomic E-state index is 0.140. The van der Waals surface area contributed by atoms with Gasteiger partial charge in [-0.1, -0.05) is 17.7 Å². The van der Waals surface area contributed by atoms with Crippen LogP contribution in [0.2, 0.25) is 5.02 Å². The summed E-state index contributed by atoms with van der Waals surface area (Å²) in [6.45, 7) is 0. The van der Waals surface area contributed by atoms with Gasteiger partial charge in [0, 0.05) is 22.1 Å². The van der Waals surface area contributed by atoms with Crippen molar-refractivity contribution in [2.75, 3.05) is 16.8 Å². The van der Waals surface area contributed by atoms with Gasteiger partial charge in [-0.05, 0) is 42.0 Å². The number of nitrogen functional groups attached to an aromatic ring is 2. The first kappa shape index (κ1) is 13.2. The Morgan fingerprint density at radius 3 is 2.42 bits per heavy atom. The van der Waals surface area contributed by atoms with Gasteiger partial charge in [0.05, 0.1) is 6.42 Å². The average Bonchev–Trinajstić information content (AvgIpc) is 2.36. The molecule has 0 unspecified atom stereocenters. The maximum atomic E-state index is 11.9. The highest BCUT2D eigenvalue weighted by atomic mass is 35.5. The summed E-state index contributed by atoms with van der Waals surface area (Å²) in [5.74, 6) is -0.140. The number of hydrogen-bond acceptors (Lipinski definition) is 3. The van der Waals surface area contributed by atoms with Crippen LogP contribution < -0.4 is 16.8 Å². The van der Waals surface area contributed by atoms with Gasteiger partial charge in [-0.3, -0.25) is 4.79 Å². The molecule has 2 rings (SSSR count). The molecule has 0 aliphatic carbocycles. The van der Waals surface area contributed by atoms with Gasteiger partial charge in [-0.2, -0.15) is 0 Å². The van der Waals surface area contributed by atoms with Crippen LogP contribution >= 0.6 is 11.6 Å². The van der Waals surface area contributed by atoms with E-state index in [9.17, 15) is 4.79 Å². The van der Waals surface area contributed by atoms with Crippen molar-refractivity contribution < 1.29 is 4.79 Å². The summed E-state index contributed by atoms with van der Waals surface area (Å²) in [6, 6.07) is 12.0. The van der Waals surface area contributed by atoms with Crippen molar-refractivity contribution in [3.63, 3.8) is 0 Å². The summed E-state index contributed by atoms with van der Waals surface area (Å²) in [7, 11) is 0. The Morgan fingerprint density at radius 2 is 1.79 bits per heavy atom. The summed E-state index contributed by atoms with van der Waals surface area (Å²) in [6.07, 6.45) is 0.203. The average molecular weight is 276 g/mol. The molecule has 2 aromatic carbocycles. The first-order chi connectivity index (χ1) is 9.04. The largest absolute Gasteiger partial charge is 0.399 e. The van der Waals surface area contributed by atoms with Crippen LogP contribution in [0.1, 0.15) is 5.56 Å². The molecule has 5 N–H and O–H groups in total. The quantitative estimate of drug-likeness (QED) is 0.753. The number of nitrogens with two attached hydrogens (primary N) is 2. The molecule has 0 saturated heterocycles. The third-order valence-corrected chi connectivity index (χ3v) is 2.90. The fourth-order valence-electron chi connectivity index (χ4n) is 1.69. The SMILES string of the molecule is Nc1ccc(CC(=O)Nc2ccc(Cl)cc2)c(N)c1. The van der Waals surface area contributed by atoms with E-state index in [2.05, 4.69) is 5.32 Å². The van der Waals surface area contributed by atoms with Crippen molar-refractivity contribution in [1.82, 2.24) is 0 Å². The Bertz CT molecular complexity index is 596. The fourth-order valence-corrected chi connectivity index (χ4v) is 1.81. The van der Waals surface area contributed by atoms with E-state index in [0.717, 1.165) is 5.56 Å². The molecule has 0 aliphatic rings. The fraction of sp³-hybridized carbons (Fsp3) is 0.0714. The highest BCUT2D eigenvalue weighted by Crippen LogP contribution is 2.17. The topological polar surface area (TPSA) is 81.1 Å². The van der Waals surface area contributed by atoms with E-state index < -0.39 is 0 Å². The number of amides is 1. The van der Waals surface area contributed by atoms with Gasteiger partial charge < -0.3 is 16.8 Å². The molecular formula is C14H14ClN3O. The van der Waals surface area contributed by atoms with Crippen molar-refractivity contribution >= 4 is 34.6 Å². The van der Waals surface area contributed by atoms with E-state index in [4.69, 9.17) is 23.1 Å². The normalized spacial score (nSPS) is 10.2. The van der Waals surface area contributed by atoms with Crippen LogP contribution in [0.25, 0.3) is 0 Å². The van der Waals surface area contributed by atoms with Gasteiger partial charge in [0.15, 0.2) is 0 Å². The van der Waals surface area contributed by atoms with Crippen molar-refractivity contribution in [1.29, 1.82) is 0 Å². The van der Waals surface area contributed by atoms with Crippen LogP contribution in [-0.2, 0) is 11.2 Å². The minimum Gasteiger partial charge on any atom is -0.399 e. The molecule has 1 amide bonds. The van der Waals surface area contributed by atoms with E-state index >= 15 is 0 Å². The van der Waals surface area contributed by atoms with Gasteiger partial charge in [-0.25, -0.2) is 0 Å². The summed E-state index contributed by atoms with van der Waals surface area (Å²) < 4.78 is 0. The second kappa shape index (κ2) is 5.63. The molecule has 0 bridgehead atoms. The number of halogens is 1. The number of hydrogen-bond donors (Lipinski definition) is 3. The van der Waals surface area contributed by atoms with Crippen molar-refractivity contribution in [3.8, 4) is 0 Å². The lowest BCUT2D eigenvalue weighted by Crippen LogP contribution is -2.15. The van der Waals surface area contributed by atoms with Crippen LogP contribution in [0.4, 0.5) is 17.1 Å². The van der Waals surface area contributed by atoms with Crippen molar-refractivity contribution in [2.45, 2.75) is 6.42 Å². The number of carbonyl (C=O) groups excluding carboxylic acids is 1. The molecule has 0 atom stereocenters. The molecule has 0 heterocycles. The van der Waals surface area contributed by atoms with Crippen LogP contribution in [-0.4, -0.2) is 5.91 Å². The summed E-state index contributed by atoms with van der Waals surface area (Å²) in [5, 5.41) is 3.40. The molecule has 0 spiro atoms. The lowest BCUT2D eigenvalue weighted by atomic mass is 10.1. The summed E-state index contributed by atoms with van der Waals surface area (Å²) in [5.41, 5.74) is 14.0. The summed E-state index contributed by atoms with van der Waals surface area (Å²) in [4.78, 5) is 11.9. The van der Waals surface area contributed by atoms with Gasteiger partial charge >= 0.3 is 0 Å². The first-order valence-corrected chi connectivity index (χ1v) is 6.11. The van der Waals surface area contributed by atoms with Crippen LogP contribution in [0.5, 0.6) is 0 Å². The van der Waals surface area contributed by atoms with Gasteiger partial charge in [0.1, 0.15) is 0 Å². The number of benzene rings is 2. The number of nitrogens with one attached hydrogen (secondary N) is 1. The molecule has 0 radical (unpaired) electrons. The van der Waals surface area contributed by atoms with Crippen LogP contribution in [0.15, 0.2) is 42.5 Å². The second-order valence-electron chi connectivity index (χ2n) is 4.19. The molecule has 5 heteroatoms. The predicted octanol–water partition coefficient (Wildman–Crippen LogP) is 2.69. The Hall–Kier alpha value is -2.20. The van der Waals surface area contributed by atoms with E-state index in [-0.39, 0.29) is 12.3 Å². The highest BCUT2D eigenvalue weighted by molar-refractivity contribution is 6.30. The zero-order valence-electron chi connectivity index (χ0n) is 10.2. The van der Waals surface area contributed by atoms with E-state index in [1.807, 2.05) is 0 Å². The van der Waals surface area contributed by atoms with Crippen LogP contribution in [0.3, 0.4) is 0 Å². The third kappa shape index (κ3) is 3.63. The molecule has 98 valence electrons. The van der Waals surface area contributed by atoms with Crippen molar-refractivity contribution in [3.05, 3.63) is 53.1 Å². The monoisotopic (exact) mass is 275 g/mol. The Morgan fingerprint density at radius 1 is 1.11 bits per heavy atom. The number of carbonyl (C=O) groups is 1. The Labute approximate surface area is 116 Å². The van der Waals surface area contributed by atoms with Gasteiger partial charge in [0.25, 0.3) is 0 Å². The first-order valence-electron chi connectivity index (χ1n) is 5.74. The molecular weight excluding hydrogens is 262 g/mol. The summed E-state index contributed by atoms with van der Waals surface area (Å²) >= 11 is 5.77. The van der Waals surface area contributed by atoms with E-state index in [1.54, 1.807) is 42.5 Å². The Kier molecular flexibility index (Phi) is 3.92. The number of rotatable bonds is 3. The zero-order chi connectivity index (χ0) is 13.8. The van der Waals surface area contributed by atoms with Crippen molar-refractivity contribution in [2.24, 2.45) is 0 Å². The second-order valence-corrected chi connectivity index (χ2v) is 4.63. The molecule has 4 nitrogen and oxygen atoms in total. The standard InChI is InChI=1S/C14H14ClN3O/c15-10-2-5-12(6-3-10)18-14(19)7-9-1-4-11(16)8-13(9)17/h1-6,8H,7,16-17H2,(H,18,19). The predicted molar refractivity (Wildman–Crippen MR) is 79.1 cm³/mol.